The van der Waals surface area contributed by atoms with Gasteiger partial charge < -0.3 is 10.1 Å². The standard InChI is InChI=1S/C25H22N2O4S/c1-31-25(29)22(15-16-32(30)17-9-3-2-4-10-17)27-24(28)23-18-11-5-7-13-20(18)26-21-14-8-6-12-19(21)23/h2-14,22H,15-16H2,1H3,(H,27,28)/t22-,32+/m1/s1. The Morgan fingerprint density at radius 2 is 1.47 bits per heavy atom. The van der Waals surface area contributed by atoms with Crippen molar-refractivity contribution in [1.82, 2.24) is 10.3 Å². The monoisotopic (exact) mass is 446 g/mol. The van der Waals surface area contributed by atoms with Gasteiger partial charge in [0.1, 0.15) is 6.04 Å². The second-order valence-electron chi connectivity index (χ2n) is 7.22. The number of ether oxygens (including phenoxy) is 1. The summed E-state index contributed by atoms with van der Waals surface area (Å²) in [5.74, 6) is -0.770. The minimum atomic E-state index is -1.30. The van der Waals surface area contributed by atoms with Crippen LogP contribution in [-0.4, -0.2) is 40.0 Å². The van der Waals surface area contributed by atoms with Crippen molar-refractivity contribution in [1.29, 1.82) is 0 Å². The summed E-state index contributed by atoms with van der Waals surface area (Å²) in [5, 5.41) is 4.19. The fraction of sp³-hybridized carbons (Fsp3) is 0.160. The van der Waals surface area contributed by atoms with Crippen molar-refractivity contribution < 1.29 is 18.5 Å². The van der Waals surface area contributed by atoms with Gasteiger partial charge in [-0.15, -0.1) is 0 Å². The largest absolute Gasteiger partial charge is 0.467 e. The number of nitrogens with one attached hydrogen (secondary N) is 1. The number of hydrogen-bond acceptors (Lipinski definition) is 5. The average Bonchev–Trinajstić information content (AvgIpc) is 2.84. The number of rotatable bonds is 7. The number of nitrogens with zero attached hydrogens (tertiary/aromatic N) is 1. The number of methoxy groups -OCH3 is 1. The van der Waals surface area contributed by atoms with Crippen LogP contribution in [0.25, 0.3) is 21.8 Å². The number of para-hydroxylation sites is 2. The van der Waals surface area contributed by atoms with E-state index in [0.29, 0.717) is 32.3 Å². The Hall–Kier alpha value is -3.58. The van der Waals surface area contributed by atoms with E-state index in [9.17, 15) is 13.8 Å². The van der Waals surface area contributed by atoms with Crippen molar-refractivity contribution in [3.63, 3.8) is 0 Å². The first kappa shape index (κ1) is 21.6. The quantitative estimate of drug-likeness (QED) is 0.344. The summed E-state index contributed by atoms with van der Waals surface area (Å²) in [6, 6.07) is 22.9. The Morgan fingerprint density at radius 3 is 2.06 bits per heavy atom. The Kier molecular flexibility index (Phi) is 6.56. The van der Waals surface area contributed by atoms with Crippen molar-refractivity contribution >= 4 is 44.5 Å². The molecular weight excluding hydrogens is 424 g/mol. The van der Waals surface area contributed by atoms with E-state index in [4.69, 9.17) is 4.74 Å². The third kappa shape index (κ3) is 4.53. The molecule has 3 aromatic carbocycles. The second-order valence-corrected chi connectivity index (χ2v) is 8.79. The van der Waals surface area contributed by atoms with Crippen molar-refractivity contribution in [2.75, 3.05) is 12.9 Å². The first-order chi connectivity index (χ1) is 15.6. The lowest BCUT2D eigenvalue weighted by Gasteiger charge is -2.18. The lowest BCUT2D eigenvalue weighted by molar-refractivity contribution is -0.142. The molecule has 0 fully saturated rings. The normalized spacial score (nSPS) is 12.9. The van der Waals surface area contributed by atoms with Gasteiger partial charge in [0.2, 0.25) is 0 Å². The molecule has 0 aliphatic carbocycles. The van der Waals surface area contributed by atoms with Crippen molar-refractivity contribution in [3.05, 3.63) is 84.4 Å². The molecule has 4 aromatic rings. The van der Waals surface area contributed by atoms with Gasteiger partial charge in [-0.25, -0.2) is 9.78 Å². The zero-order chi connectivity index (χ0) is 22.5. The molecule has 0 spiro atoms. The highest BCUT2D eigenvalue weighted by atomic mass is 32.2. The van der Waals surface area contributed by atoms with Crippen molar-refractivity contribution in [2.45, 2.75) is 17.4 Å². The highest BCUT2D eigenvalue weighted by Gasteiger charge is 2.25. The van der Waals surface area contributed by atoms with E-state index >= 15 is 0 Å². The maximum Gasteiger partial charge on any atom is 0.328 e. The maximum atomic E-state index is 13.4. The zero-order valence-corrected chi connectivity index (χ0v) is 18.3. The lowest BCUT2D eigenvalue weighted by Crippen LogP contribution is -2.42. The Bertz CT molecular complexity index is 1250. The van der Waals surface area contributed by atoms with Crippen LogP contribution in [0.4, 0.5) is 0 Å². The van der Waals surface area contributed by atoms with Crippen LogP contribution in [0.3, 0.4) is 0 Å². The number of carbonyl (C=O) groups is 2. The summed E-state index contributed by atoms with van der Waals surface area (Å²) < 4.78 is 17.5. The number of pyridine rings is 1. The summed E-state index contributed by atoms with van der Waals surface area (Å²) >= 11 is 0. The molecule has 0 radical (unpaired) electrons. The molecule has 6 nitrogen and oxygen atoms in total. The third-order valence-electron chi connectivity index (χ3n) is 5.20. The number of aromatic nitrogens is 1. The Labute approximate surface area is 188 Å². The van der Waals surface area contributed by atoms with Gasteiger partial charge in [0.05, 0.1) is 34.5 Å². The van der Waals surface area contributed by atoms with Crippen LogP contribution in [-0.2, 0) is 20.3 Å². The molecule has 4 rings (SSSR count). The summed E-state index contributed by atoms with van der Waals surface area (Å²) in [6.45, 7) is 0. The predicted octanol–water partition coefficient (Wildman–Crippen LogP) is 3.86. The zero-order valence-electron chi connectivity index (χ0n) is 17.5. The Balaban J connectivity index is 1.63. The first-order valence-corrected chi connectivity index (χ1v) is 11.5. The second kappa shape index (κ2) is 9.70. The highest BCUT2D eigenvalue weighted by Crippen LogP contribution is 2.26. The van der Waals surface area contributed by atoms with E-state index in [1.807, 2.05) is 66.7 Å². The highest BCUT2D eigenvalue weighted by molar-refractivity contribution is 7.85. The molecule has 0 aliphatic rings. The van der Waals surface area contributed by atoms with Crippen LogP contribution in [0.15, 0.2) is 83.8 Å². The van der Waals surface area contributed by atoms with Crippen LogP contribution >= 0.6 is 0 Å². The number of benzene rings is 3. The molecule has 1 amide bonds. The minimum Gasteiger partial charge on any atom is -0.467 e. The van der Waals surface area contributed by atoms with Crippen LogP contribution < -0.4 is 5.32 Å². The molecule has 2 atom stereocenters. The van der Waals surface area contributed by atoms with Gasteiger partial charge in [-0.1, -0.05) is 54.6 Å². The summed E-state index contributed by atoms with van der Waals surface area (Å²) in [6.07, 6.45) is 0.181. The molecule has 1 N–H and O–H groups in total. The summed E-state index contributed by atoms with van der Waals surface area (Å²) in [4.78, 5) is 31.1. The molecule has 0 aliphatic heterocycles. The Morgan fingerprint density at radius 1 is 0.906 bits per heavy atom. The molecule has 1 heterocycles. The van der Waals surface area contributed by atoms with E-state index in [2.05, 4.69) is 10.3 Å². The number of hydrogen-bond donors (Lipinski definition) is 1. The van der Waals surface area contributed by atoms with E-state index in [1.165, 1.54) is 7.11 Å². The van der Waals surface area contributed by atoms with Gasteiger partial charge in [0.25, 0.3) is 5.91 Å². The molecular formula is C25H22N2O4S. The van der Waals surface area contributed by atoms with Crippen LogP contribution in [0, 0.1) is 0 Å². The van der Waals surface area contributed by atoms with Gasteiger partial charge in [0, 0.05) is 21.4 Å². The number of amides is 1. The smallest absolute Gasteiger partial charge is 0.328 e. The SMILES string of the molecule is COC(=O)[C@@H](CC[S@](=O)c1ccccc1)NC(=O)c1c2ccccc2nc2ccccc12. The fourth-order valence-electron chi connectivity index (χ4n) is 3.62. The van der Waals surface area contributed by atoms with Crippen LogP contribution in [0.2, 0.25) is 0 Å². The summed E-state index contributed by atoms with van der Waals surface area (Å²) in [7, 11) is -0.0247. The number of esters is 1. The lowest BCUT2D eigenvalue weighted by atomic mass is 10.0. The van der Waals surface area contributed by atoms with Crippen LogP contribution in [0.1, 0.15) is 16.8 Å². The van der Waals surface area contributed by atoms with E-state index in [0.717, 1.165) is 0 Å². The molecule has 1 aromatic heterocycles. The molecule has 162 valence electrons. The van der Waals surface area contributed by atoms with Gasteiger partial charge in [-0.05, 0) is 30.7 Å². The van der Waals surface area contributed by atoms with Gasteiger partial charge in [-0.3, -0.25) is 9.00 Å². The molecule has 0 saturated heterocycles. The number of carbonyl (C=O) groups excluding carboxylic acids is 2. The van der Waals surface area contributed by atoms with Crippen LogP contribution in [0.5, 0.6) is 0 Å². The van der Waals surface area contributed by atoms with E-state index in [1.54, 1.807) is 12.1 Å². The third-order valence-corrected chi connectivity index (χ3v) is 6.61. The molecule has 32 heavy (non-hydrogen) atoms. The van der Waals surface area contributed by atoms with Crippen molar-refractivity contribution in [2.24, 2.45) is 0 Å². The topological polar surface area (TPSA) is 85.4 Å². The summed E-state index contributed by atoms with van der Waals surface area (Å²) in [5.41, 5.74) is 1.83. The maximum absolute atomic E-state index is 13.4. The van der Waals surface area contributed by atoms with E-state index < -0.39 is 28.7 Å². The van der Waals surface area contributed by atoms with E-state index in [-0.39, 0.29) is 12.2 Å². The van der Waals surface area contributed by atoms with Gasteiger partial charge >= 0.3 is 5.97 Å². The van der Waals surface area contributed by atoms with Crippen molar-refractivity contribution in [3.8, 4) is 0 Å². The molecule has 0 bridgehead atoms. The fourth-order valence-corrected chi connectivity index (χ4v) is 4.77. The molecule has 0 saturated carbocycles. The number of fused-ring (bicyclic) bond motifs is 2. The first-order valence-electron chi connectivity index (χ1n) is 10.2. The van der Waals surface area contributed by atoms with Gasteiger partial charge in [0.15, 0.2) is 0 Å². The average molecular weight is 447 g/mol. The van der Waals surface area contributed by atoms with Gasteiger partial charge in [-0.2, -0.15) is 0 Å². The predicted molar refractivity (Wildman–Crippen MR) is 125 cm³/mol. The molecule has 0 unspecified atom stereocenters. The molecule has 7 heteroatoms. The minimum absolute atomic E-state index is 0.181.